The number of aryl methyl sites for hydroxylation is 1. The Balaban J connectivity index is 2.64. The van der Waals surface area contributed by atoms with Gasteiger partial charge in [0.15, 0.2) is 5.69 Å². The van der Waals surface area contributed by atoms with E-state index in [4.69, 9.17) is 5.11 Å². The lowest BCUT2D eigenvalue weighted by Gasteiger charge is -1.86. The largest absolute Gasteiger partial charge is 0.476 e. The van der Waals surface area contributed by atoms with Crippen molar-refractivity contribution in [2.75, 3.05) is 0 Å². The van der Waals surface area contributed by atoms with Gasteiger partial charge in [0.1, 0.15) is 6.29 Å². The number of carboxylic acid groups (broad SMARTS) is 1. The van der Waals surface area contributed by atoms with E-state index in [1.165, 1.54) is 6.07 Å². The first-order chi connectivity index (χ1) is 5.74. The van der Waals surface area contributed by atoms with Gasteiger partial charge in [0, 0.05) is 12.1 Å². The van der Waals surface area contributed by atoms with Gasteiger partial charge in [-0.05, 0) is 12.5 Å². The highest BCUT2D eigenvalue weighted by molar-refractivity contribution is 5.85. The van der Waals surface area contributed by atoms with Crippen LogP contribution >= 0.6 is 0 Å². The van der Waals surface area contributed by atoms with Crippen LogP contribution in [-0.2, 0) is 11.2 Å². The zero-order valence-corrected chi connectivity index (χ0v) is 6.28. The lowest BCUT2D eigenvalue weighted by atomic mass is 10.2. The van der Waals surface area contributed by atoms with Crippen molar-refractivity contribution in [3.63, 3.8) is 0 Å². The minimum atomic E-state index is -1.07. The number of rotatable bonds is 4. The maximum absolute atomic E-state index is 10.3. The molecule has 0 fully saturated rings. The molecule has 0 amide bonds. The van der Waals surface area contributed by atoms with Crippen LogP contribution in [-0.4, -0.2) is 27.6 Å². The van der Waals surface area contributed by atoms with Gasteiger partial charge in [0.2, 0.25) is 0 Å². The van der Waals surface area contributed by atoms with Crippen molar-refractivity contribution < 1.29 is 14.7 Å². The van der Waals surface area contributed by atoms with Gasteiger partial charge in [-0.3, -0.25) is 5.10 Å². The van der Waals surface area contributed by atoms with Crippen LogP contribution in [0.3, 0.4) is 0 Å². The number of nitrogens with zero attached hydrogens (tertiary/aromatic N) is 1. The monoisotopic (exact) mass is 168 g/mol. The molecule has 0 atom stereocenters. The van der Waals surface area contributed by atoms with Gasteiger partial charge in [-0.25, -0.2) is 4.79 Å². The molecule has 0 aliphatic carbocycles. The fourth-order valence-electron chi connectivity index (χ4n) is 0.814. The first-order valence-electron chi connectivity index (χ1n) is 3.45. The second-order valence-corrected chi connectivity index (χ2v) is 2.29. The van der Waals surface area contributed by atoms with Crippen LogP contribution in [0.25, 0.3) is 0 Å². The van der Waals surface area contributed by atoms with Crippen molar-refractivity contribution in [2.24, 2.45) is 0 Å². The number of hydrogen-bond donors (Lipinski definition) is 2. The smallest absolute Gasteiger partial charge is 0.356 e. The number of carboxylic acids is 1. The zero-order valence-electron chi connectivity index (χ0n) is 6.28. The summed E-state index contributed by atoms with van der Waals surface area (Å²) in [6, 6.07) is 1.42. The summed E-state index contributed by atoms with van der Waals surface area (Å²) < 4.78 is 0. The number of aromatic amines is 1. The minimum absolute atomic E-state index is 0.0177. The normalized spacial score (nSPS) is 9.67. The standard InChI is InChI=1S/C7H8N2O3/c10-3-1-2-5-4-6(7(11)12)9-8-5/h3-4H,1-2H2,(H,8,9)(H,11,12). The van der Waals surface area contributed by atoms with E-state index in [9.17, 15) is 9.59 Å². The van der Waals surface area contributed by atoms with Crippen molar-refractivity contribution in [1.82, 2.24) is 10.2 Å². The Morgan fingerprint density at radius 1 is 1.75 bits per heavy atom. The SMILES string of the molecule is O=CCCc1cc(C(=O)O)n[nH]1. The van der Waals surface area contributed by atoms with Crippen molar-refractivity contribution in [3.05, 3.63) is 17.5 Å². The fourth-order valence-corrected chi connectivity index (χ4v) is 0.814. The van der Waals surface area contributed by atoms with E-state index in [0.717, 1.165) is 6.29 Å². The van der Waals surface area contributed by atoms with E-state index in [1.807, 2.05) is 0 Å². The second-order valence-electron chi connectivity index (χ2n) is 2.29. The lowest BCUT2D eigenvalue weighted by Crippen LogP contribution is -1.95. The molecule has 0 bridgehead atoms. The molecule has 0 aromatic carbocycles. The third-order valence-electron chi connectivity index (χ3n) is 1.38. The van der Waals surface area contributed by atoms with Crippen LogP contribution in [0, 0.1) is 0 Å². The van der Waals surface area contributed by atoms with Gasteiger partial charge in [-0.1, -0.05) is 0 Å². The highest BCUT2D eigenvalue weighted by Gasteiger charge is 2.06. The number of nitrogens with one attached hydrogen (secondary N) is 1. The molecule has 0 radical (unpaired) electrons. The lowest BCUT2D eigenvalue weighted by molar-refractivity contribution is -0.107. The summed E-state index contributed by atoms with van der Waals surface area (Å²) in [7, 11) is 0. The predicted octanol–water partition coefficient (Wildman–Crippen LogP) is 0.239. The first kappa shape index (κ1) is 8.45. The highest BCUT2D eigenvalue weighted by atomic mass is 16.4. The summed E-state index contributed by atoms with van der Waals surface area (Å²) in [5.74, 6) is -1.07. The molecule has 0 aliphatic heterocycles. The van der Waals surface area contributed by atoms with Gasteiger partial charge in [0.25, 0.3) is 0 Å². The molecular formula is C7H8N2O3. The van der Waals surface area contributed by atoms with E-state index in [1.54, 1.807) is 0 Å². The Morgan fingerprint density at radius 2 is 2.50 bits per heavy atom. The molecule has 0 saturated carbocycles. The molecule has 12 heavy (non-hydrogen) atoms. The molecular weight excluding hydrogens is 160 g/mol. The molecule has 64 valence electrons. The Kier molecular flexibility index (Phi) is 2.57. The summed E-state index contributed by atoms with van der Waals surface area (Å²) in [5.41, 5.74) is 0.649. The van der Waals surface area contributed by atoms with Crippen molar-refractivity contribution >= 4 is 12.3 Å². The molecule has 5 heteroatoms. The molecule has 1 heterocycles. The second kappa shape index (κ2) is 3.66. The van der Waals surface area contributed by atoms with Crippen LogP contribution in [0.4, 0.5) is 0 Å². The van der Waals surface area contributed by atoms with Crippen LogP contribution in [0.2, 0.25) is 0 Å². The predicted molar refractivity (Wildman–Crippen MR) is 39.9 cm³/mol. The van der Waals surface area contributed by atoms with Crippen LogP contribution in [0.15, 0.2) is 6.07 Å². The molecule has 0 spiro atoms. The number of carbonyl (C=O) groups is 2. The Hall–Kier alpha value is -1.65. The quantitative estimate of drug-likeness (QED) is 0.631. The Morgan fingerprint density at radius 3 is 3.00 bits per heavy atom. The Labute approximate surface area is 68.4 Å². The molecule has 2 N–H and O–H groups in total. The number of aldehydes is 1. The molecule has 0 saturated heterocycles. The van der Waals surface area contributed by atoms with E-state index in [2.05, 4.69) is 10.2 Å². The number of aromatic carboxylic acids is 1. The van der Waals surface area contributed by atoms with Crippen LogP contribution in [0.5, 0.6) is 0 Å². The topological polar surface area (TPSA) is 83.1 Å². The van der Waals surface area contributed by atoms with Crippen LogP contribution < -0.4 is 0 Å². The third-order valence-corrected chi connectivity index (χ3v) is 1.38. The van der Waals surface area contributed by atoms with Gasteiger partial charge in [-0.2, -0.15) is 5.10 Å². The maximum Gasteiger partial charge on any atom is 0.356 e. The average Bonchev–Trinajstić information content (AvgIpc) is 2.48. The highest BCUT2D eigenvalue weighted by Crippen LogP contribution is 2.01. The van der Waals surface area contributed by atoms with Gasteiger partial charge in [-0.15, -0.1) is 0 Å². The summed E-state index contributed by atoms with van der Waals surface area (Å²) in [4.78, 5) is 20.3. The van der Waals surface area contributed by atoms with Crippen molar-refractivity contribution in [2.45, 2.75) is 12.8 Å². The number of hydrogen-bond acceptors (Lipinski definition) is 3. The minimum Gasteiger partial charge on any atom is -0.476 e. The molecule has 0 unspecified atom stereocenters. The molecule has 1 rings (SSSR count). The van der Waals surface area contributed by atoms with E-state index < -0.39 is 5.97 Å². The van der Waals surface area contributed by atoms with Gasteiger partial charge >= 0.3 is 5.97 Å². The van der Waals surface area contributed by atoms with Crippen molar-refractivity contribution in [1.29, 1.82) is 0 Å². The van der Waals surface area contributed by atoms with Crippen molar-refractivity contribution in [3.8, 4) is 0 Å². The third kappa shape index (κ3) is 1.91. The summed E-state index contributed by atoms with van der Waals surface area (Å²) in [6.07, 6.45) is 1.66. The zero-order chi connectivity index (χ0) is 8.97. The first-order valence-corrected chi connectivity index (χ1v) is 3.45. The van der Waals surface area contributed by atoms with Gasteiger partial charge < -0.3 is 9.90 Å². The van der Waals surface area contributed by atoms with Crippen LogP contribution in [0.1, 0.15) is 22.6 Å². The number of carbonyl (C=O) groups excluding carboxylic acids is 1. The summed E-state index contributed by atoms with van der Waals surface area (Å²) in [6.45, 7) is 0. The number of H-pyrrole nitrogens is 1. The molecule has 1 aromatic heterocycles. The fraction of sp³-hybridized carbons (Fsp3) is 0.286. The average molecular weight is 168 g/mol. The van der Waals surface area contributed by atoms with E-state index >= 15 is 0 Å². The molecule has 5 nitrogen and oxygen atoms in total. The van der Waals surface area contributed by atoms with E-state index in [-0.39, 0.29) is 5.69 Å². The summed E-state index contributed by atoms with van der Waals surface area (Å²) in [5, 5.41) is 14.5. The number of aromatic nitrogens is 2. The van der Waals surface area contributed by atoms with Gasteiger partial charge in [0.05, 0.1) is 0 Å². The summed E-state index contributed by atoms with van der Waals surface area (Å²) >= 11 is 0. The molecule has 1 aromatic rings. The Bertz CT molecular complexity index is 293. The maximum atomic E-state index is 10.3. The van der Waals surface area contributed by atoms with E-state index in [0.29, 0.717) is 18.5 Å². The molecule has 0 aliphatic rings.